The Morgan fingerprint density at radius 1 is 1.11 bits per heavy atom. The van der Waals surface area contributed by atoms with Crippen LogP contribution in [0.2, 0.25) is 5.02 Å². The fourth-order valence-electron chi connectivity index (χ4n) is 2.04. The van der Waals surface area contributed by atoms with Crippen molar-refractivity contribution in [1.82, 2.24) is 15.4 Å². The van der Waals surface area contributed by atoms with Gasteiger partial charge < -0.3 is 10.0 Å². The fourth-order valence-corrected chi connectivity index (χ4v) is 2.23. The molecule has 0 saturated heterocycles. The second kappa shape index (κ2) is 9.19. The molecule has 0 radical (unpaired) electrons. The predicted molar refractivity (Wildman–Crippen MR) is 91.0 cm³/mol. The summed E-state index contributed by atoms with van der Waals surface area (Å²) in [5, 5.41) is 0.341. The third-order valence-corrected chi connectivity index (χ3v) is 3.54. The maximum absolute atomic E-state index is 12.7. The van der Waals surface area contributed by atoms with E-state index in [1.54, 1.807) is 12.1 Å². The van der Waals surface area contributed by atoms with E-state index in [9.17, 15) is 27.6 Å². The van der Waals surface area contributed by atoms with E-state index in [0.29, 0.717) is 11.1 Å². The number of carbonyl (C=O) groups excluding carboxylic acids is 2. The molecule has 4 N–H and O–H groups in total. The van der Waals surface area contributed by atoms with Gasteiger partial charge in [0.2, 0.25) is 5.91 Å². The van der Waals surface area contributed by atoms with E-state index >= 15 is 0 Å². The molecule has 0 aliphatic carbocycles. The molecule has 0 saturated carbocycles. The summed E-state index contributed by atoms with van der Waals surface area (Å²) in [5.41, 5.74) is 1.93. The topological polar surface area (TPSA) is 112 Å². The van der Waals surface area contributed by atoms with Crippen molar-refractivity contribution in [2.24, 2.45) is 0 Å². The van der Waals surface area contributed by atoms with Gasteiger partial charge >= 0.3 is 6.18 Å². The van der Waals surface area contributed by atoms with Gasteiger partial charge in [0.25, 0.3) is 11.5 Å². The Kier molecular flexibility index (Phi) is 7.56. The minimum Gasteiger partial charge on any atom is -0.412 e. The summed E-state index contributed by atoms with van der Waals surface area (Å²) < 4.78 is 38.8. The van der Waals surface area contributed by atoms with Gasteiger partial charge in [-0.05, 0) is 30.3 Å². The number of hydrogen-bond acceptors (Lipinski definition) is 3. The monoisotopic (exact) mass is 405 g/mol. The zero-order valence-corrected chi connectivity index (χ0v) is 14.4. The Bertz CT molecular complexity index is 884. The van der Waals surface area contributed by atoms with Crippen molar-refractivity contribution in [3.63, 3.8) is 0 Å². The van der Waals surface area contributed by atoms with Gasteiger partial charge in [0.1, 0.15) is 5.56 Å². The zero-order valence-electron chi connectivity index (χ0n) is 13.6. The molecule has 0 fully saturated rings. The van der Waals surface area contributed by atoms with Crippen molar-refractivity contribution >= 4 is 23.4 Å². The van der Waals surface area contributed by atoms with Gasteiger partial charge in [0, 0.05) is 29.7 Å². The van der Waals surface area contributed by atoms with Crippen LogP contribution in [-0.4, -0.2) is 21.9 Å². The standard InChI is InChI=1S/C16H13ClF3N3O3.H2O/c17-11-4-1-3-10(9-11)14(25)22-21-13(24)6-8-23-7-2-5-12(15(23)26)16(18,19)20;/h1-5,7,9H,6,8H2,(H,21,24)(H,22,25);1H2. The lowest BCUT2D eigenvalue weighted by Gasteiger charge is -2.11. The third kappa shape index (κ3) is 6.12. The highest BCUT2D eigenvalue weighted by Gasteiger charge is 2.34. The Hall–Kier alpha value is -2.85. The molecule has 0 atom stereocenters. The van der Waals surface area contributed by atoms with Crippen molar-refractivity contribution in [1.29, 1.82) is 0 Å². The van der Waals surface area contributed by atoms with Crippen LogP contribution in [0.3, 0.4) is 0 Å². The average Bonchev–Trinajstić information content (AvgIpc) is 2.57. The van der Waals surface area contributed by atoms with Gasteiger partial charge in [-0.1, -0.05) is 17.7 Å². The Labute approximate surface area is 156 Å². The zero-order chi connectivity index (χ0) is 19.3. The molecule has 1 heterocycles. The Balaban J connectivity index is 0.00000364. The predicted octanol–water partition coefficient (Wildman–Crippen LogP) is 1.55. The van der Waals surface area contributed by atoms with Gasteiger partial charge in [-0.2, -0.15) is 13.2 Å². The van der Waals surface area contributed by atoms with Crippen molar-refractivity contribution in [2.45, 2.75) is 19.1 Å². The minimum absolute atomic E-state index is 0. The first kappa shape index (κ1) is 22.2. The van der Waals surface area contributed by atoms with E-state index < -0.39 is 29.1 Å². The average molecular weight is 406 g/mol. The number of pyridine rings is 1. The van der Waals surface area contributed by atoms with Crippen molar-refractivity contribution in [3.8, 4) is 0 Å². The van der Waals surface area contributed by atoms with Crippen molar-refractivity contribution < 1.29 is 28.2 Å². The van der Waals surface area contributed by atoms with Crippen LogP contribution in [0.5, 0.6) is 0 Å². The highest BCUT2D eigenvalue weighted by Crippen LogP contribution is 2.25. The number of halogens is 4. The van der Waals surface area contributed by atoms with E-state index in [1.807, 2.05) is 0 Å². The molecular formula is C16H15ClF3N3O4. The van der Waals surface area contributed by atoms with E-state index in [4.69, 9.17) is 11.6 Å². The molecule has 0 bridgehead atoms. The molecule has 7 nitrogen and oxygen atoms in total. The second-order valence-electron chi connectivity index (χ2n) is 5.18. The lowest BCUT2D eigenvalue weighted by Crippen LogP contribution is -2.42. The number of amides is 2. The number of aromatic nitrogens is 1. The largest absolute Gasteiger partial charge is 0.421 e. The van der Waals surface area contributed by atoms with Crippen LogP contribution >= 0.6 is 11.6 Å². The van der Waals surface area contributed by atoms with Crippen LogP contribution in [0.1, 0.15) is 22.3 Å². The second-order valence-corrected chi connectivity index (χ2v) is 5.62. The van der Waals surface area contributed by atoms with Gasteiger partial charge in [-0.25, -0.2) is 0 Å². The number of hydrogen-bond donors (Lipinski definition) is 2. The molecule has 11 heteroatoms. The van der Waals surface area contributed by atoms with E-state index in [0.717, 1.165) is 16.8 Å². The number of benzene rings is 1. The lowest BCUT2D eigenvalue weighted by atomic mass is 10.2. The molecule has 1 aromatic heterocycles. The molecule has 2 rings (SSSR count). The lowest BCUT2D eigenvalue weighted by molar-refractivity contribution is -0.139. The van der Waals surface area contributed by atoms with Crippen LogP contribution < -0.4 is 16.4 Å². The number of rotatable bonds is 4. The van der Waals surface area contributed by atoms with E-state index in [2.05, 4.69) is 10.9 Å². The number of alkyl halides is 3. The van der Waals surface area contributed by atoms with Crippen LogP contribution in [-0.2, 0) is 17.5 Å². The molecule has 0 aliphatic rings. The van der Waals surface area contributed by atoms with E-state index in [1.165, 1.54) is 12.1 Å². The maximum atomic E-state index is 12.7. The van der Waals surface area contributed by atoms with Crippen LogP contribution in [0.4, 0.5) is 13.2 Å². The normalized spacial score (nSPS) is 10.7. The van der Waals surface area contributed by atoms with Crippen LogP contribution in [0, 0.1) is 0 Å². The van der Waals surface area contributed by atoms with Crippen LogP contribution in [0.15, 0.2) is 47.4 Å². The quantitative estimate of drug-likeness (QED) is 0.752. The number of carbonyl (C=O) groups is 2. The molecule has 146 valence electrons. The summed E-state index contributed by atoms with van der Waals surface area (Å²) in [6.45, 7) is -0.276. The van der Waals surface area contributed by atoms with E-state index in [-0.39, 0.29) is 24.0 Å². The summed E-state index contributed by atoms with van der Waals surface area (Å²) in [4.78, 5) is 35.3. The number of aryl methyl sites for hydroxylation is 1. The summed E-state index contributed by atoms with van der Waals surface area (Å²) in [7, 11) is 0. The summed E-state index contributed by atoms with van der Waals surface area (Å²) in [5.74, 6) is -1.29. The fraction of sp³-hybridized carbons (Fsp3) is 0.188. The molecule has 1 aromatic carbocycles. The number of nitrogens with zero attached hydrogens (tertiary/aromatic N) is 1. The van der Waals surface area contributed by atoms with Gasteiger partial charge in [0.15, 0.2) is 0 Å². The molecule has 0 unspecified atom stereocenters. The molecule has 0 spiro atoms. The Morgan fingerprint density at radius 2 is 1.81 bits per heavy atom. The maximum Gasteiger partial charge on any atom is 0.421 e. The highest BCUT2D eigenvalue weighted by molar-refractivity contribution is 6.30. The highest BCUT2D eigenvalue weighted by atomic mass is 35.5. The van der Waals surface area contributed by atoms with Gasteiger partial charge in [-0.15, -0.1) is 0 Å². The van der Waals surface area contributed by atoms with Gasteiger partial charge in [-0.3, -0.25) is 25.2 Å². The van der Waals surface area contributed by atoms with Crippen molar-refractivity contribution in [3.05, 3.63) is 69.1 Å². The summed E-state index contributed by atoms with van der Waals surface area (Å²) in [6, 6.07) is 7.75. The smallest absolute Gasteiger partial charge is 0.412 e. The number of nitrogens with one attached hydrogen (secondary N) is 2. The Morgan fingerprint density at radius 3 is 2.44 bits per heavy atom. The summed E-state index contributed by atoms with van der Waals surface area (Å²) in [6.07, 6.45) is -3.93. The van der Waals surface area contributed by atoms with Crippen molar-refractivity contribution in [2.75, 3.05) is 0 Å². The minimum atomic E-state index is -4.77. The molecule has 27 heavy (non-hydrogen) atoms. The number of hydrazine groups is 1. The molecule has 2 aromatic rings. The SMILES string of the molecule is O.O=C(CCn1cccc(C(F)(F)F)c1=O)NNC(=O)c1cccc(Cl)c1. The first-order valence-corrected chi connectivity index (χ1v) is 7.67. The third-order valence-electron chi connectivity index (χ3n) is 3.31. The van der Waals surface area contributed by atoms with Crippen LogP contribution in [0.25, 0.3) is 0 Å². The first-order chi connectivity index (χ1) is 12.2. The molecule has 2 amide bonds. The molecule has 0 aliphatic heterocycles. The van der Waals surface area contributed by atoms with Gasteiger partial charge in [0.05, 0.1) is 0 Å². The first-order valence-electron chi connectivity index (χ1n) is 7.30. The molecular weight excluding hydrogens is 391 g/mol. The summed E-state index contributed by atoms with van der Waals surface area (Å²) >= 11 is 5.75.